The molecule has 10 heteroatoms. The molecule has 0 saturated heterocycles. The largest absolute Gasteiger partial charge is 0.445 e. The van der Waals surface area contributed by atoms with Crippen molar-refractivity contribution in [1.29, 1.82) is 0 Å². The second kappa shape index (κ2) is 11.9. The highest BCUT2D eigenvalue weighted by molar-refractivity contribution is 5.95. The van der Waals surface area contributed by atoms with Gasteiger partial charge in [-0.3, -0.25) is 14.4 Å². The Hall–Kier alpha value is -3.95. The van der Waals surface area contributed by atoms with Crippen LogP contribution in [0.4, 0.5) is 14.9 Å². The molecule has 0 radical (unpaired) electrons. The highest BCUT2D eigenvalue weighted by Crippen LogP contribution is 2.16. The van der Waals surface area contributed by atoms with Crippen LogP contribution >= 0.6 is 0 Å². The van der Waals surface area contributed by atoms with E-state index in [2.05, 4.69) is 21.3 Å². The SMILES string of the molecule is Cc1c(F)cccc1NC(=O)CNC(=O)CNC(=O)CNC(=O)OCc1ccccc1. The van der Waals surface area contributed by atoms with Crippen molar-refractivity contribution >= 4 is 29.5 Å². The van der Waals surface area contributed by atoms with Crippen molar-refractivity contribution in [3.05, 3.63) is 65.5 Å². The predicted molar refractivity (Wildman–Crippen MR) is 110 cm³/mol. The summed E-state index contributed by atoms with van der Waals surface area (Å²) in [4.78, 5) is 46.9. The van der Waals surface area contributed by atoms with Crippen LogP contribution in [0.1, 0.15) is 11.1 Å². The first-order chi connectivity index (χ1) is 14.8. The number of alkyl carbamates (subject to hydrolysis) is 1. The normalized spacial score (nSPS) is 10.0. The third kappa shape index (κ3) is 8.52. The molecule has 0 saturated carbocycles. The number of anilines is 1. The highest BCUT2D eigenvalue weighted by atomic mass is 19.1. The van der Waals surface area contributed by atoms with E-state index in [9.17, 15) is 23.6 Å². The quantitative estimate of drug-likeness (QED) is 0.476. The molecule has 164 valence electrons. The van der Waals surface area contributed by atoms with Crippen molar-refractivity contribution in [2.75, 3.05) is 25.0 Å². The Morgan fingerprint density at radius 2 is 1.42 bits per heavy atom. The molecule has 2 aromatic carbocycles. The Morgan fingerprint density at radius 1 is 0.806 bits per heavy atom. The number of benzene rings is 2. The molecule has 4 N–H and O–H groups in total. The molecule has 2 rings (SSSR count). The first-order valence-corrected chi connectivity index (χ1v) is 9.38. The summed E-state index contributed by atoms with van der Waals surface area (Å²) in [5.41, 5.74) is 1.39. The molecule has 0 bridgehead atoms. The Labute approximate surface area is 178 Å². The summed E-state index contributed by atoms with van der Waals surface area (Å²) in [5, 5.41) is 9.37. The van der Waals surface area contributed by atoms with Crippen LogP contribution in [0.15, 0.2) is 48.5 Å². The maximum absolute atomic E-state index is 13.5. The molecule has 2 aromatic rings. The summed E-state index contributed by atoms with van der Waals surface area (Å²) in [6.45, 7) is 0.471. The van der Waals surface area contributed by atoms with E-state index in [0.29, 0.717) is 5.69 Å². The summed E-state index contributed by atoms with van der Waals surface area (Å²) in [7, 11) is 0. The molecule has 0 aromatic heterocycles. The van der Waals surface area contributed by atoms with Gasteiger partial charge >= 0.3 is 6.09 Å². The summed E-state index contributed by atoms with van der Waals surface area (Å²) < 4.78 is 18.4. The second-order valence-corrected chi connectivity index (χ2v) is 6.43. The van der Waals surface area contributed by atoms with Crippen LogP contribution in [0, 0.1) is 12.7 Å². The predicted octanol–water partition coefficient (Wildman–Crippen LogP) is 1.23. The first-order valence-electron chi connectivity index (χ1n) is 9.38. The van der Waals surface area contributed by atoms with Crippen LogP contribution in [0.2, 0.25) is 0 Å². The van der Waals surface area contributed by atoms with E-state index in [4.69, 9.17) is 4.74 Å². The fourth-order valence-electron chi connectivity index (χ4n) is 2.35. The van der Waals surface area contributed by atoms with E-state index in [1.165, 1.54) is 25.1 Å². The lowest BCUT2D eigenvalue weighted by atomic mass is 10.2. The standard InChI is InChI=1S/C21H23FN4O5/c1-14-16(22)8-5-9-17(14)26-20(29)12-24-18(27)10-23-19(28)11-25-21(30)31-13-15-6-3-2-4-7-15/h2-9H,10-13H2,1H3,(H,23,28)(H,24,27)(H,25,30)(H,26,29). The molecule has 0 atom stereocenters. The number of rotatable bonds is 9. The van der Waals surface area contributed by atoms with Crippen LogP contribution in [0.3, 0.4) is 0 Å². The van der Waals surface area contributed by atoms with Gasteiger partial charge in [-0.25, -0.2) is 9.18 Å². The molecular weight excluding hydrogens is 407 g/mol. The lowest BCUT2D eigenvalue weighted by Gasteiger charge is -2.10. The summed E-state index contributed by atoms with van der Waals surface area (Å²) >= 11 is 0. The van der Waals surface area contributed by atoms with Crippen molar-refractivity contribution < 1.29 is 28.3 Å². The number of hydrogen-bond donors (Lipinski definition) is 4. The fraction of sp³-hybridized carbons (Fsp3) is 0.238. The van der Waals surface area contributed by atoms with Crippen molar-refractivity contribution in [2.45, 2.75) is 13.5 Å². The zero-order valence-electron chi connectivity index (χ0n) is 16.9. The first kappa shape index (κ1) is 23.3. The average molecular weight is 430 g/mol. The second-order valence-electron chi connectivity index (χ2n) is 6.43. The van der Waals surface area contributed by atoms with Crippen molar-refractivity contribution in [2.24, 2.45) is 0 Å². The third-order valence-corrected chi connectivity index (χ3v) is 4.04. The molecule has 0 aliphatic carbocycles. The minimum atomic E-state index is -0.771. The zero-order valence-corrected chi connectivity index (χ0v) is 16.9. The van der Waals surface area contributed by atoms with Crippen molar-refractivity contribution in [3.63, 3.8) is 0 Å². The zero-order chi connectivity index (χ0) is 22.6. The maximum Gasteiger partial charge on any atom is 0.407 e. The number of carbonyl (C=O) groups excluding carboxylic acids is 4. The Morgan fingerprint density at radius 3 is 2.10 bits per heavy atom. The van der Waals surface area contributed by atoms with Crippen LogP contribution in [0.25, 0.3) is 0 Å². The van der Waals surface area contributed by atoms with Gasteiger partial charge in [-0.1, -0.05) is 36.4 Å². The van der Waals surface area contributed by atoms with E-state index in [1.807, 2.05) is 6.07 Å². The number of nitrogens with one attached hydrogen (secondary N) is 4. The molecular formula is C21H23FN4O5. The summed E-state index contributed by atoms with van der Waals surface area (Å²) in [5.74, 6) is -2.21. The topological polar surface area (TPSA) is 126 Å². The average Bonchev–Trinajstić information content (AvgIpc) is 2.77. The molecule has 0 spiro atoms. The number of halogens is 1. The van der Waals surface area contributed by atoms with E-state index in [1.54, 1.807) is 24.3 Å². The van der Waals surface area contributed by atoms with E-state index < -0.39 is 29.6 Å². The van der Waals surface area contributed by atoms with Gasteiger partial charge in [0.25, 0.3) is 0 Å². The van der Waals surface area contributed by atoms with Crippen LogP contribution in [-0.4, -0.2) is 43.4 Å². The molecule has 0 heterocycles. The Balaban J connectivity index is 1.59. The lowest BCUT2D eigenvalue weighted by Crippen LogP contribution is -2.43. The van der Waals surface area contributed by atoms with E-state index >= 15 is 0 Å². The number of carbonyl (C=O) groups is 4. The summed E-state index contributed by atoms with van der Waals surface area (Å²) in [6, 6.07) is 13.3. The van der Waals surface area contributed by atoms with Gasteiger partial charge in [0, 0.05) is 11.3 Å². The Kier molecular flexibility index (Phi) is 8.96. The number of amides is 4. The molecule has 31 heavy (non-hydrogen) atoms. The van der Waals surface area contributed by atoms with Gasteiger partial charge in [0.15, 0.2) is 0 Å². The van der Waals surface area contributed by atoms with Gasteiger partial charge < -0.3 is 26.0 Å². The number of hydrogen-bond acceptors (Lipinski definition) is 5. The Bertz CT molecular complexity index is 937. The van der Waals surface area contributed by atoms with E-state index in [0.717, 1.165) is 5.56 Å². The van der Waals surface area contributed by atoms with Gasteiger partial charge in [-0.05, 0) is 24.6 Å². The fourth-order valence-corrected chi connectivity index (χ4v) is 2.35. The third-order valence-electron chi connectivity index (χ3n) is 4.04. The van der Waals surface area contributed by atoms with Crippen molar-refractivity contribution in [1.82, 2.24) is 16.0 Å². The van der Waals surface area contributed by atoms with Crippen LogP contribution < -0.4 is 21.3 Å². The van der Waals surface area contributed by atoms with Gasteiger partial charge in [-0.15, -0.1) is 0 Å². The smallest absolute Gasteiger partial charge is 0.407 e. The van der Waals surface area contributed by atoms with E-state index in [-0.39, 0.29) is 31.8 Å². The van der Waals surface area contributed by atoms with Gasteiger partial charge in [0.2, 0.25) is 17.7 Å². The van der Waals surface area contributed by atoms with Crippen LogP contribution in [-0.2, 0) is 25.7 Å². The minimum absolute atomic E-state index is 0.0634. The van der Waals surface area contributed by atoms with Crippen LogP contribution in [0.5, 0.6) is 0 Å². The molecule has 0 fully saturated rings. The molecule has 9 nitrogen and oxygen atoms in total. The van der Waals surface area contributed by atoms with Gasteiger partial charge in [0.05, 0.1) is 13.1 Å². The molecule has 0 aliphatic rings. The van der Waals surface area contributed by atoms with Gasteiger partial charge in [-0.2, -0.15) is 0 Å². The molecule has 4 amide bonds. The molecule has 0 aliphatic heterocycles. The number of ether oxygens (including phenoxy) is 1. The summed E-state index contributed by atoms with van der Waals surface area (Å²) in [6.07, 6.45) is -0.771. The van der Waals surface area contributed by atoms with Gasteiger partial charge in [0.1, 0.15) is 19.0 Å². The monoisotopic (exact) mass is 430 g/mol. The van der Waals surface area contributed by atoms with Crippen molar-refractivity contribution in [3.8, 4) is 0 Å². The minimum Gasteiger partial charge on any atom is -0.445 e. The molecule has 0 unspecified atom stereocenters. The highest BCUT2D eigenvalue weighted by Gasteiger charge is 2.11. The maximum atomic E-state index is 13.5. The lowest BCUT2D eigenvalue weighted by molar-refractivity contribution is -0.126.